The number of piperidine rings is 1. The van der Waals surface area contributed by atoms with Crippen molar-refractivity contribution < 1.29 is 4.79 Å². The van der Waals surface area contributed by atoms with Crippen LogP contribution in [0.15, 0.2) is 52.5 Å². The third-order valence-corrected chi connectivity index (χ3v) is 6.31. The van der Waals surface area contributed by atoms with Crippen molar-refractivity contribution in [2.75, 3.05) is 12.3 Å². The van der Waals surface area contributed by atoms with Crippen LogP contribution in [-0.4, -0.2) is 43.7 Å². The lowest BCUT2D eigenvalue weighted by Gasteiger charge is -2.33. The van der Waals surface area contributed by atoms with Gasteiger partial charge < -0.3 is 4.90 Å². The lowest BCUT2D eigenvalue weighted by atomic mass is 10.0. The molecular formula is C22H24N4O2S. The van der Waals surface area contributed by atoms with Crippen molar-refractivity contribution in [1.29, 1.82) is 0 Å². The Bertz CT molecular complexity index is 1110. The normalized spacial score (nSPS) is 16.9. The highest BCUT2D eigenvalue weighted by Crippen LogP contribution is 2.24. The quantitative estimate of drug-likeness (QED) is 0.488. The molecular weight excluding hydrogens is 384 g/mol. The van der Waals surface area contributed by atoms with E-state index in [0.717, 1.165) is 24.9 Å². The fourth-order valence-electron chi connectivity index (χ4n) is 3.79. The van der Waals surface area contributed by atoms with Crippen molar-refractivity contribution in [2.24, 2.45) is 0 Å². The number of para-hydroxylation sites is 1. The zero-order chi connectivity index (χ0) is 20.4. The number of pyridine rings is 1. The van der Waals surface area contributed by atoms with Gasteiger partial charge in [0.2, 0.25) is 5.91 Å². The molecule has 1 fully saturated rings. The maximum absolute atomic E-state index is 13.3. The summed E-state index contributed by atoms with van der Waals surface area (Å²) in [7, 11) is 0. The van der Waals surface area contributed by atoms with E-state index in [2.05, 4.69) is 11.9 Å². The van der Waals surface area contributed by atoms with E-state index in [1.165, 1.54) is 22.7 Å². The number of hydrogen-bond donors (Lipinski definition) is 0. The molecule has 0 bridgehead atoms. The van der Waals surface area contributed by atoms with Crippen molar-refractivity contribution in [3.8, 4) is 5.82 Å². The molecule has 0 spiro atoms. The second-order valence-electron chi connectivity index (χ2n) is 7.42. The molecule has 1 aromatic carbocycles. The summed E-state index contributed by atoms with van der Waals surface area (Å²) < 4.78 is 1.54. The first kappa shape index (κ1) is 19.6. The van der Waals surface area contributed by atoms with Crippen LogP contribution >= 0.6 is 11.8 Å². The topological polar surface area (TPSA) is 68.1 Å². The van der Waals surface area contributed by atoms with Crippen molar-refractivity contribution in [3.05, 3.63) is 58.5 Å². The van der Waals surface area contributed by atoms with Gasteiger partial charge in [0.1, 0.15) is 5.82 Å². The molecule has 4 rings (SSSR count). The SMILES string of the molecule is Cc1cccnc1-n1c(SCC(=O)N2CCCC[C@@H]2C)nc2ccccc2c1=O. The smallest absolute Gasteiger partial charge is 0.267 e. The van der Waals surface area contributed by atoms with Crippen LogP contribution in [0.4, 0.5) is 0 Å². The molecule has 7 heteroatoms. The first-order valence-corrected chi connectivity index (χ1v) is 10.9. The van der Waals surface area contributed by atoms with Crippen molar-refractivity contribution in [2.45, 2.75) is 44.3 Å². The van der Waals surface area contributed by atoms with E-state index in [9.17, 15) is 9.59 Å². The second kappa shape index (κ2) is 8.37. The molecule has 1 aliphatic heterocycles. The number of rotatable bonds is 4. The number of carbonyl (C=O) groups excluding carboxylic acids is 1. The van der Waals surface area contributed by atoms with Crippen LogP contribution < -0.4 is 5.56 Å². The van der Waals surface area contributed by atoms with E-state index in [0.29, 0.717) is 21.9 Å². The summed E-state index contributed by atoms with van der Waals surface area (Å²) in [6, 6.07) is 11.3. The van der Waals surface area contributed by atoms with Crippen LogP contribution in [0, 0.1) is 6.92 Å². The van der Waals surface area contributed by atoms with Gasteiger partial charge in [-0.3, -0.25) is 9.59 Å². The number of carbonyl (C=O) groups is 1. The van der Waals surface area contributed by atoms with Gasteiger partial charge in [-0.1, -0.05) is 30.0 Å². The highest BCUT2D eigenvalue weighted by molar-refractivity contribution is 7.99. The zero-order valence-electron chi connectivity index (χ0n) is 16.7. The van der Waals surface area contributed by atoms with Gasteiger partial charge in [0.05, 0.1) is 16.7 Å². The first-order valence-electron chi connectivity index (χ1n) is 9.92. The van der Waals surface area contributed by atoms with E-state index in [-0.39, 0.29) is 23.3 Å². The molecule has 0 saturated carbocycles. The summed E-state index contributed by atoms with van der Waals surface area (Å²) in [5.74, 6) is 0.895. The maximum atomic E-state index is 13.3. The van der Waals surface area contributed by atoms with Gasteiger partial charge in [-0.05, 0) is 56.9 Å². The minimum absolute atomic E-state index is 0.0916. The molecule has 0 unspecified atom stereocenters. The Balaban J connectivity index is 1.73. The molecule has 150 valence electrons. The van der Waals surface area contributed by atoms with Crippen LogP contribution in [0.3, 0.4) is 0 Å². The van der Waals surface area contributed by atoms with Crippen LogP contribution in [0.25, 0.3) is 16.7 Å². The molecule has 2 aromatic heterocycles. The number of aromatic nitrogens is 3. The molecule has 1 atom stereocenters. The van der Waals surface area contributed by atoms with Crippen LogP contribution in [0.5, 0.6) is 0 Å². The molecule has 1 amide bonds. The third kappa shape index (κ3) is 3.92. The number of fused-ring (bicyclic) bond motifs is 1. The van der Waals surface area contributed by atoms with Gasteiger partial charge in [0.25, 0.3) is 5.56 Å². The van der Waals surface area contributed by atoms with E-state index in [4.69, 9.17) is 4.98 Å². The fourth-order valence-corrected chi connectivity index (χ4v) is 4.66. The standard InChI is InChI=1S/C22H24N4O2S/c1-15-8-7-12-23-20(15)26-21(28)17-10-3-4-11-18(17)24-22(26)29-14-19(27)25-13-6-5-9-16(25)2/h3-4,7-8,10-12,16H,5-6,9,13-14H2,1-2H3/t16-/m0/s1. The van der Waals surface area contributed by atoms with E-state index in [1.807, 2.05) is 42.2 Å². The average molecular weight is 409 g/mol. The lowest BCUT2D eigenvalue weighted by Crippen LogP contribution is -2.43. The Hall–Kier alpha value is -2.67. The Morgan fingerprint density at radius 2 is 2.03 bits per heavy atom. The number of amides is 1. The lowest BCUT2D eigenvalue weighted by molar-refractivity contribution is -0.131. The third-order valence-electron chi connectivity index (χ3n) is 5.39. The first-order chi connectivity index (χ1) is 14.1. The van der Waals surface area contributed by atoms with Gasteiger partial charge >= 0.3 is 0 Å². The van der Waals surface area contributed by atoms with Gasteiger partial charge in [-0.15, -0.1) is 0 Å². The minimum atomic E-state index is -0.168. The predicted octanol–water partition coefficient (Wildman–Crippen LogP) is 3.58. The Morgan fingerprint density at radius 3 is 2.83 bits per heavy atom. The summed E-state index contributed by atoms with van der Waals surface area (Å²) in [6.45, 7) is 4.82. The highest BCUT2D eigenvalue weighted by Gasteiger charge is 2.24. The van der Waals surface area contributed by atoms with Gasteiger partial charge in [0, 0.05) is 18.8 Å². The number of likely N-dealkylation sites (tertiary alicyclic amines) is 1. The van der Waals surface area contributed by atoms with Crippen molar-refractivity contribution in [1.82, 2.24) is 19.4 Å². The van der Waals surface area contributed by atoms with Gasteiger partial charge in [-0.2, -0.15) is 0 Å². The minimum Gasteiger partial charge on any atom is -0.339 e. The van der Waals surface area contributed by atoms with E-state index < -0.39 is 0 Å². The molecule has 6 nitrogen and oxygen atoms in total. The largest absolute Gasteiger partial charge is 0.339 e. The maximum Gasteiger partial charge on any atom is 0.267 e. The number of aryl methyl sites for hydroxylation is 1. The van der Waals surface area contributed by atoms with E-state index in [1.54, 1.807) is 12.3 Å². The molecule has 29 heavy (non-hydrogen) atoms. The zero-order valence-corrected chi connectivity index (χ0v) is 17.5. The predicted molar refractivity (Wildman–Crippen MR) is 116 cm³/mol. The number of thioether (sulfide) groups is 1. The van der Waals surface area contributed by atoms with Crippen molar-refractivity contribution in [3.63, 3.8) is 0 Å². The summed E-state index contributed by atoms with van der Waals surface area (Å²) in [5.41, 5.74) is 1.34. The van der Waals surface area contributed by atoms with Gasteiger partial charge in [-0.25, -0.2) is 14.5 Å². The number of hydrogen-bond acceptors (Lipinski definition) is 5. The monoisotopic (exact) mass is 408 g/mol. The average Bonchev–Trinajstić information content (AvgIpc) is 2.73. The number of nitrogens with zero attached hydrogens (tertiary/aromatic N) is 4. The molecule has 3 aromatic rings. The summed E-state index contributed by atoms with van der Waals surface area (Å²) >= 11 is 1.30. The second-order valence-corrected chi connectivity index (χ2v) is 8.36. The molecule has 0 N–H and O–H groups in total. The summed E-state index contributed by atoms with van der Waals surface area (Å²) in [4.78, 5) is 37.2. The van der Waals surface area contributed by atoms with Crippen molar-refractivity contribution >= 4 is 28.6 Å². The van der Waals surface area contributed by atoms with Gasteiger partial charge in [0.15, 0.2) is 5.16 Å². The van der Waals surface area contributed by atoms with E-state index >= 15 is 0 Å². The molecule has 0 radical (unpaired) electrons. The molecule has 1 aliphatic rings. The van der Waals surface area contributed by atoms with Crippen LogP contribution in [-0.2, 0) is 4.79 Å². The Morgan fingerprint density at radius 1 is 1.21 bits per heavy atom. The highest BCUT2D eigenvalue weighted by atomic mass is 32.2. The van der Waals surface area contributed by atoms with Crippen LogP contribution in [0.2, 0.25) is 0 Å². The van der Waals surface area contributed by atoms with Crippen LogP contribution in [0.1, 0.15) is 31.7 Å². The number of benzene rings is 1. The summed E-state index contributed by atoms with van der Waals surface area (Å²) in [5, 5.41) is 1.03. The molecule has 3 heterocycles. The fraction of sp³-hybridized carbons (Fsp3) is 0.364. The Kier molecular flexibility index (Phi) is 5.67. The Labute approximate surface area is 174 Å². The molecule has 0 aliphatic carbocycles. The summed E-state index contributed by atoms with van der Waals surface area (Å²) in [6.07, 6.45) is 4.93. The molecule has 1 saturated heterocycles.